The van der Waals surface area contributed by atoms with Crippen LogP contribution >= 0.6 is 0 Å². The van der Waals surface area contributed by atoms with Gasteiger partial charge in [0.15, 0.2) is 0 Å². The lowest BCUT2D eigenvalue weighted by Crippen LogP contribution is -2.18. The van der Waals surface area contributed by atoms with E-state index in [1.165, 1.54) is 6.92 Å². The maximum Gasteiger partial charge on any atom is 0.244 e. The Balaban J connectivity index is 1.58. The molecule has 2 aromatic carbocycles. The number of fused-ring (bicyclic) bond motifs is 2. The number of nitrogens with zero attached hydrogens (tertiary/aromatic N) is 1. The molecule has 0 unspecified atom stereocenters. The third-order valence-corrected chi connectivity index (χ3v) is 4.31. The Kier molecular flexibility index (Phi) is 3.93. The summed E-state index contributed by atoms with van der Waals surface area (Å²) in [5, 5.41) is 7.67. The first-order valence-electron chi connectivity index (χ1n) is 8.33. The molecule has 2 amide bonds. The summed E-state index contributed by atoms with van der Waals surface area (Å²) in [4.78, 5) is 27.0. The molecule has 4 aromatic rings. The number of aromatic amines is 1. The molecule has 0 fully saturated rings. The topological polar surface area (TPSA) is 78.9 Å². The highest BCUT2D eigenvalue weighted by Crippen LogP contribution is 2.25. The van der Waals surface area contributed by atoms with Gasteiger partial charge in [0.1, 0.15) is 6.54 Å². The normalized spacial score (nSPS) is 11.0. The molecule has 0 radical (unpaired) electrons. The fraction of sp³-hybridized carbons (Fsp3) is 0.100. The van der Waals surface area contributed by atoms with Crippen LogP contribution in [0.15, 0.2) is 60.9 Å². The lowest BCUT2D eigenvalue weighted by molar-refractivity contribution is -0.116. The fourth-order valence-electron chi connectivity index (χ4n) is 3.20. The molecule has 0 aliphatic carbocycles. The minimum absolute atomic E-state index is 0.110. The van der Waals surface area contributed by atoms with E-state index in [2.05, 4.69) is 15.6 Å². The number of aromatic nitrogens is 2. The fourth-order valence-corrected chi connectivity index (χ4v) is 3.20. The first-order chi connectivity index (χ1) is 12.6. The summed E-state index contributed by atoms with van der Waals surface area (Å²) < 4.78 is 1.87. The molecule has 6 nitrogen and oxygen atoms in total. The van der Waals surface area contributed by atoms with Crippen LogP contribution in [0, 0.1) is 0 Å². The molecular formula is C20H18N4O2. The number of benzene rings is 2. The molecule has 26 heavy (non-hydrogen) atoms. The van der Waals surface area contributed by atoms with E-state index in [-0.39, 0.29) is 18.4 Å². The van der Waals surface area contributed by atoms with Crippen LogP contribution in [-0.2, 0) is 16.1 Å². The molecule has 130 valence electrons. The van der Waals surface area contributed by atoms with Crippen LogP contribution in [0.1, 0.15) is 6.92 Å². The molecule has 3 N–H and O–H groups in total. The molecule has 0 saturated carbocycles. The van der Waals surface area contributed by atoms with Gasteiger partial charge in [0.2, 0.25) is 11.8 Å². The van der Waals surface area contributed by atoms with Gasteiger partial charge in [-0.1, -0.05) is 12.1 Å². The second-order valence-corrected chi connectivity index (χ2v) is 6.16. The van der Waals surface area contributed by atoms with E-state index in [0.29, 0.717) is 0 Å². The molecule has 2 aromatic heterocycles. The highest BCUT2D eigenvalue weighted by molar-refractivity contribution is 6.03. The number of anilines is 2. The Morgan fingerprint density at radius 1 is 0.962 bits per heavy atom. The van der Waals surface area contributed by atoms with Crippen molar-refractivity contribution < 1.29 is 9.59 Å². The quantitative estimate of drug-likeness (QED) is 0.526. The van der Waals surface area contributed by atoms with Crippen molar-refractivity contribution in [3.63, 3.8) is 0 Å². The van der Waals surface area contributed by atoms with Gasteiger partial charge < -0.3 is 20.2 Å². The highest BCUT2D eigenvalue weighted by Gasteiger charge is 2.11. The van der Waals surface area contributed by atoms with E-state index in [0.717, 1.165) is 33.2 Å². The number of carbonyl (C=O) groups is 2. The summed E-state index contributed by atoms with van der Waals surface area (Å²) in [5.74, 6) is -0.233. The largest absolute Gasteiger partial charge is 0.361 e. The van der Waals surface area contributed by atoms with Crippen molar-refractivity contribution in [2.24, 2.45) is 0 Å². The Bertz CT molecular complexity index is 1120. The highest BCUT2D eigenvalue weighted by atomic mass is 16.2. The molecule has 4 rings (SSSR count). The molecule has 0 aliphatic heterocycles. The standard InChI is InChI=1S/C20H18N4O2/c1-13(25)22-18-6-3-7-19-15(18)9-11-24(19)12-20(26)23-17-5-2-4-16-14(17)8-10-21-16/h2-11,21H,12H2,1H3,(H,22,25)(H,23,26). The summed E-state index contributed by atoms with van der Waals surface area (Å²) in [6.07, 6.45) is 3.70. The van der Waals surface area contributed by atoms with Gasteiger partial charge in [-0.05, 0) is 36.4 Å². The number of amides is 2. The summed E-state index contributed by atoms with van der Waals surface area (Å²) in [7, 11) is 0. The van der Waals surface area contributed by atoms with Crippen LogP contribution in [0.2, 0.25) is 0 Å². The zero-order valence-corrected chi connectivity index (χ0v) is 14.2. The lowest BCUT2D eigenvalue weighted by atomic mass is 10.2. The van der Waals surface area contributed by atoms with Gasteiger partial charge in [-0.2, -0.15) is 0 Å². The van der Waals surface area contributed by atoms with Crippen molar-refractivity contribution in [1.82, 2.24) is 9.55 Å². The number of carbonyl (C=O) groups excluding carboxylic acids is 2. The van der Waals surface area contributed by atoms with Gasteiger partial charge in [0.05, 0.1) is 16.9 Å². The molecule has 0 aliphatic rings. The monoisotopic (exact) mass is 346 g/mol. The molecule has 2 heterocycles. The first-order valence-corrected chi connectivity index (χ1v) is 8.33. The van der Waals surface area contributed by atoms with Gasteiger partial charge in [0, 0.05) is 35.6 Å². The van der Waals surface area contributed by atoms with Gasteiger partial charge in [-0.25, -0.2) is 0 Å². The second kappa shape index (κ2) is 6.40. The van der Waals surface area contributed by atoms with E-state index in [1.807, 2.05) is 65.5 Å². The zero-order valence-electron chi connectivity index (χ0n) is 14.2. The second-order valence-electron chi connectivity index (χ2n) is 6.16. The number of rotatable bonds is 4. The number of hydrogen-bond donors (Lipinski definition) is 3. The van der Waals surface area contributed by atoms with Crippen molar-refractivity contribution in [2.45, 2.75) is 13.5 Å². The average Bonchev–Trinajstić information content (AvgIpc) is 3.23. The molecule has 6 heteroatoms. The molecule has 0 spiro atoms. The number of nitrogens with one attached hydrogen (secondary N) is 3. The first kappa shape index (κ1) is 16.0. The van der Waals surface area contributed by atoms with Gasteiger partial charge >= 0.3 is 0 Å². The molecule has 0 atom stereocenters. The predicted molar refractivity (Wildman–Crippen MR) is 103 cm³/mol. The minimum atomic E-state index is -0.123. The Morgan fingerprint density at radius 3 is 2.54 bits per heavy atom. The molecule has 0 saturated heterocycles. The lowest BCUT2D eigenvalue weighted by Gasteiger charge is -2.09. The number of H-pyrrole nitrogens is 1. The maximum atomic E-state index is 12.5. The van der Waals surface area contributed by atoms with E-state index in [4.69, 9.17) is 0 Å². The van der Waals surface area contributed by atoms with Crippen LogP contribution in [0.3, 0.4) is 0 Å². The summed E-state index contributed by atoms with van der Waals surface area (Å²) >= 11 is 0. The van der Waals surface area contributed by atoms with Gasteiger partial charge in [0.25, 0.3) is 0 Å². The Hall–Kier alpha value is -3.54. The number of hydrogen-bond acceptors (Lipinski definition) is 2. The van der Waals surface area contributed by atoms with Gasteiger partial charge in [-0.15, -0.1) is 0 Å². The summed E-state index contributed by atoms with van der Waals surface area (Å²) in [6, 6.07) is 15.2. The molecular weight excluding hydrogens is 328 g/mol. The Labute approximate surface area is 149 Å². The van der Waals surface area contributed by atoms with Crippen LogP contribution in [0.4, 0.5) is 11.4 Å². The van der Waals surface area contributed by atoms with Crippen LogP contribution in [-0.4, -0.2) is 21.4 Å². The van der Waals surface area contributed by atoms with Crippen molar-refractivity contribution in [3.05, 3.63) is 60.9 Å². The van der Waals surface area contributed by atoms with Crippen LogP contribution in [0.5, 0.6) is 0 Å². The minimum Gasteiger partial charge on any atom is -0.361 e. The van der Waals surface area contributed by atoms with Crippen molar-refractivity contribution >= 4 is 45.0 Å². The van der Waals surface area contributed by atoms with Crippen molar-refractivity contribution in [1.29, 1.82) is 0 Å². The summed E-state index contributed by atoms with van der Waals surface area (Å²) in [5.41, 5.74) is 3.40. The van der Waals surface area contributed by atoms with E-state index in [1.54, 1.807) is 0 Å². The molecule has 0 bridgehead atoms. The summed E-state index contributed by atoms with van der Waals surface area (Å²) in [6.45, 7) is 1.67. The van der Waals surface area contributed by atoms with Crippen molar-refractivity contribution in [2.75, 3.05) is 10.6 Å². The van der Waals surface area contributed by atoms with E-state index < -0.39 is 0 Å². The smallest absolute Gasteiger partial charge is 0.244 e. The third-order valence-electron chi connectivity index (χ3n) is 4.31. The maximum absolute atomic E-state index is 12.5. The van der Waals surface area contributed by atoms with Crippen LogP contribution in [0.25, 0.3) is 21.8 Å². The van der Waals surface area contributed by atoms with Crippen LogP contribution < -0.4 is 10.6 Å². The SMILES string of the molecule is CC(=O)Nc1cccc2c1ccn2CC(=O)Nc1cccc2[nH]ccc12. The zero-order chi connectivity index (χ0) is 18.1. The average molecular weight is 346 g/mol. The van der Waals surface area contributed by atoms with E-state index >= 15 is 0 Å². The predicted octanol–water partition coefficient (Wildman–Crippen LogP) is 3.72. The van der Waals surface area contributed by atoms with Gasteiger partial charge in [-0.3, -0.25) is 9.59 Å². The van der Waals surface area contributed by atoms with E-state index in [9.17, 15) is 9.59 Å². The Morgan fingerprint density at radius 2 is 1.73 bits per heavy atom. The third kappa shape index (κ3) is 2.93. The van der Waals surface area contributed by atoms with Crippen molar-refractivity contribution in [3.8, 4) is 0 Å².